The first-order valence-electron chi connectivity index (χ1n) is 20.8. The molecule has 4 heterocycles. The zero-order valence-corrected chi connectivity index (χ0v) is 34.3. The molecule has 0 saturated carbocycles. The van der Waals surface area contributed by atoms with Crippen molar-refractivity contribution in [1.82, 2.24) is 39.0 Å². The molecule has 0 saturated heterocycles. The van der Waals surface area contributed by atoms with Crippen LogP contribution < -0.4 is 0 Å². The number of allylic oxidation sites excluding steroid dienone is 2. The summed E-state index contributed by atoms with van der Waals surface area (Å²) in [5, 5.41) is 3.27. The third-order valence-corrected chi connectivity index (χ3v) is 11.4. The Balaban J connectivity index is 1.17. The van der Waals surface area contributed by atoms with Crippen LogP contribution in [0.4, 0.5) is 0 Å². The fraction of sp³-hybridized carbons (Fsp3) is 0.0182. The van der Waals surface area contributed by atoms with E-state index in [1.807, 2.05) is 127 Å². The van der Waals surface area contributed by atoms with Crippen molar-refractivity contribution in [2.45, 2.75) is 6.92 Å². The quantitative estimate of drug-likeness (QED) is 0.135. The molecule has 63 heavy (non-hydrogen) atoms. The second kappa shape index (κ2) is 15.8. The van der Waals surface area contributed by atoms with Gasteiger partial charge in [0.1, 0.15) is 0 Å². The van der Waals surface area contributed by atoms with E-state index >= 15 is 0 Å². The van der Waals surface area contributed by atoms with Gasteiger partial charge in [0, 0.05) is 49.7 Å². The number of rotatable bonds is 9. The summed E-state index contributed by atoms with van der Waals surface area (Å²) in [4.78, 5) is 30.6. The van der Waals surface area contributed by atoms with Crippen LogP contribution >= 0.6 is 0 Å². The van der Waals surface area contributed by atoms with Crippen LogP contribution in [0.2, 0.25) is 0 Å². The number of nitrogens with zero attached hydrogens (tertiary/aromatic N) is 8. The van der Waals surface area contributed by atoms with Crippen LogP contribution in [0.5, 0.6) is 0 Å². The van der Waals surface area contributed by atoms with Crippen molar-refractivity contribution in [3.8, 4) is 68.6 Å². The molecule has 0 radical (unpaired) electrons. The standard InChI is InChI=1S/C55H38N8/c1-3-4-31-45-36(2)43-33-34-47-48(49(43)63(45)55-60-52(39-24-13-7-14-25-39)59-53(61-55)40-26-15-8-16-27-40)44-30-17-18-32-46(44)62(47)42-29-19-28-41(35-42)54-57-50(37-20-9-5-10-21-37)56-51(58-54)38-22-11-6-12-23-38/h3-35H,1H2,2H3/b31-4-. The predicted octanol–water partition coefficient (Wildman–Crippen LogP) is 12.9. The molecule has 11 rings (SSSR count). The summed E-state index contributed by atoms with van der Waals surface area (Å²) >= 11 is 0. The Morgan fingerprint density at radius 3 is 1.44 bits per heavy atom. The van der Waals surface area contributed by atoms with E-state index in [1.165, 1.54) is 0 Å². The molecule has 8 nitrogen and oxygen atoms in total. The Labute approximate surface area is 363 Å². The van der Waals surface area contributed by atoms with Gasteiger partial charge in [-0.15, -0.1) is 0 Å². The van der Waals surface area contributed by atoms with Crippen molar-refractivity contribution in [2.24, 2.45) is 0 Å². The largest absolute Gasteiger partial charge is 0.309 e. The first-order valence-corrected chi connectivity index (χ1v) is 20.8. The molecule has 0 N–H and O–H groups in total. The van der Waals surface area contributed by atoms with Gasteiger partial charge in [-0.3, -0.25) is 4.57 Å². The van der Waals surface area contributed by atoms with Crippen LogP contribution in [0.1, 0.15) is 11.3 Å². The van der Waals surface area contributed by atoms with Crippen molar-refractivity contribution < 1.29 is 0 Å². The van der Waals surface area contributed by atoms with Gasteiger partial charge < -0.3 is 4.57 Å². The molecule has 0 aliphatic carbocycles. The third-order valence-electron chi connectivity index (χ3n) is 11.4. The number of hydrogen-bond acceptors (Lipinski definition) is 6. The molecule has 7 aromatic carbocycles. The van der Waals surface area contributed by atoms with Crippen LogP contribution in [0, 0.1) is 6.92 Å². The minimum atomic E-state index is 0.522. The second-order valence-electron chi connectivity index (χ2n) is 15.3. The number of hydrogen-bond donors (Lipinski definition) is 0. The van der Waals surface area contributed by atoms with Crippen LogP contribution in [0.15, 0.2) is 201 Å². The highest BCUT2D eigenvalue weighted by Gasteiger charge is 2.24. The summed E-state index contributed by atoms with van der Waals surface area (Å²) in [5.74, 6) is 3.53. The van der Waals surface area contributed by atoms with Gasteiger partial charge in [0.25, 0.3) is 0 Å². The van der Waals surface area contributed by atoms with Gasteiger partial charge in [0.05, 0.1) is 22.2 Å². The first-order chi connectivity index (χ1) is 31.1. The summed E-state index contributed by atoms with van der Waals surface area (Å²) in [5.41, 5.74) is 10.7. The lowest BCUT2D eigenvalue weighted by Crippen LogP contribution is -2.08. The fourth-order valence-corrected chi connectivity index (χ4v) is 8.47. The molecular formula is C55H38N8. The molecule has 0 unspecified atom stereocenters. The summed E-state index contributed by atoms with van der Waals surface area (Å²) in [7, 11) is 0. The van der Waals surface area contributed by atoms with Crippen LogP contribution in [-0.4, -0.2) is 39.0 Å². The maximum absolute atomic E-state index is 5.24. The molecule has 0 amide bonds. The van der Waals surface area contributed by atoms with E-state index in [0.29, 0.717) is 35.1 Å². The minimum Gasteiger partial charge on any atom is -0.309 e. The van der Waals surface area contributed by atoms with Gasteiger partial charge >= 0.3 is 0 Å². The molecule has 8 heteroatoms. The Morgan fingerprint density at radius 2 is 0.905 bits per heavy atom. The normalized spacial score (nSPS) is 11.6. The number of aryl methyl sites for hydroxylation is 1. The molecule has 298 valence electrons. The van der Waals surface area contributed by atoms with E-state index in [9.17, 15) is 0 Å². The maximum Gasteiger partial charge on any atom is 0.238 e. The highest BCUT2D eigenvalue weighted by molar-refractivity contribution is 6.21. The molecule has 0 aliphatic heterocycles. The lowest BCUT2D eigenvalue weighted by atomic mass is 10.1. The number of fused-ring (bicyclic) bond motifs is 5. The van der Waals surface area contributed by atoms with Gasteiger partial charge in [0.15, 0.2) is 29.1 Å². The van der Waals surface area contributed by atoms with E-state index in [0.717, 1.165) is 77.5 Å². The molecule has 0 atom stereocenters. The van der Waals surface area contributed by atoms with Crippen LogP contribution in [0.3, 0.4) is 0 Å². The Morgan fingerprint density at radius 1 is 0.429 bits per heavy atom. The highest BCUT2D eigenvalue weighted by atomic mass is 15.2. The van der Waals surface area contributed by atoms with Gasteiger partial charge in [-0.2, -0.15) is 9.97 Å². The van der Waals surface area contributed by atoms with Crippen molar-refractivity contribution in [3.63, 3.8) is 0 Å². The SMILES string of the molecule is C=C/C=C\c1c(C)c2ccc3c(c4ccccc4n3-c3cccc(-c4nc(-c5ccccc5)nc(-c5ccccc5)n4)c3)c2n1-c1nc(-c2ccccc2)nc(-c2ccccc2)n1. The van der Waals surface area contributed by atoms with Gasteiger partial charge in [-0.1, -0.05) is 176 Å². The first kappa shape index (κ1) is 37.4. The van der Waals surface area contributed by atoms with Crippen molar-refractivity contribution >= 4 is 38.8 Å². The lowest BCUT2D eigenvalue weighted by Gasteiger charge is -2.13. The van der Waals surface area contributed by atoms with E-state index < -0.39 is 0 Å². The predicted molar refractivity (Wildman–Crippen MR) is 256 cm³/mol. The third kappa shape index (κ3) is 6.67. The van der Waals surface area contributed by atoms with Crippen molar-refractivity contribution in [2.75, 3.05) is 0 Å². The Hall–Kier alpha value is -8.62. The number of benzene rings is 7. The van der Waals surface area contributed by atoms with Gasteiger partial charge in [-0.25, -0.2) is 19.9 Å². The Kier molecular flexibility index (Phi) is 9.36. The topological polar surface area (TPSA) is 87.2 Å². The summed E-state index contributed by atoms with van der Waals surface area (Å²) in [6, 6.07) is 61.8. The molecule has 0 fully saturated rings. The minimum absolute atomic E-state index is 0.522. The molecule has 4 aromatic heterocycles. The molecule has 11 aromatic rings. The summed E-state index contributed by atoms with van der Waals surface area (Å²) < 4.78 is 4.52. The van der Waals surface area contributed by atoms with Crippen LogP contribution in [-0.2, 0) is 0 Å². The smallest absolute Gasteiger partial charge is 0.238 e. The average Bonchev–Trinajstić information content (AvgIpc) is 3.85. The molecule has 0 bridgehead atoms. The van der Waals surface area contributed by atoms with E-state index in [4.69, 9.17) is 29.9 Å². The zero-order valence-electron chi connectivity index (χ0n) is 34.3. The molecule has 0 spiro atoms. The highest BCUT2D eigenvalue weighted by Crippen LogP contribution is 2.41. The fourth-order valence-electron chi connectivity index (χ4n) is 8.47. The van der Waals surface area contributed by atoms with Gasteiger partial charge in [-0.05, 0) is 42.8 Å². The number of para-hydroxylation sites is 1. The Bertz CT molecular complexity index is 3400. The second-order valence-corrected chi connectivity index (χ2v) is 15.3. The molecular weight excluding hydrogens is 773 g/mol. The van der Waals surface area contributed by atoms with Crippen LogP contribution in [0.25, 0.3) is 107 Å². The maximum atomic E-state index is 5.24. The average molecular weight is 811 g/mol. The lowest BCUT2D eigenvalue weighted by molar-refractivity contribution is 0.925. The van der Waals surface area contributed by atoms with Gasteiger partial charge in [0.2, 0.25) is 5.95 Å². The van der Waals surface area contributed by atoms with Crippen molar-refractivity contribution in [1.29, 1.82) is 0 Å². The zero-order chi connectivity index (χ0) is 42.3. The molecule has 0 aliphatic rings. The summed E-state index contributed by atoms with van der Waals surface area (Å²) in [6.07, 6.45) is 5.86. The monoisotopic (exact) mass is 810 g/mol. The summed E-state index contributed by atoms with van der Waals surface area (Å²) in [6.45, 7) is 6.18. The van der Waals surface area contributed by atoms with E-state index in [1.54, 1.807) is 6.08 Å². The van der Waals surface area contributed by atoms with E-state index in [-0.39, 0.29) is 0 Å². The number of aromatic nitrogens is 8. The van der Waals surface area contributed by atoms with E-state index in [2.05, 4.69) is 89.4 Å². The van der Waals surface area contributed by atoms with Crippen molar-refractivity contribution in [3.05, 3.63) is 212 Å².